The summed E-state index contributed by atoms with van der Waals surface area (Å²) >= 11 is 0. The number of hydrogen-bond donors (Lipinski definition) is 2. The molecule has 2 aliphatic heterocycles. The van der Waals surface area contributed by atoms with Crippen molar-refractivity contribution in [1.82, 2.24) is 15.5 Å². The second kappa shape index (κ2) is 8.85. The van der Waals surface area contributed by atoms with E-state index in [4.69, 9.17) is 9.47 Å². The summed E-state index contributed by atoms with van der Waals surface area (Å²) in [6.45, 7) is 5.54. The lowest BCUT2D eigenvalue weighted by atomic mass is 10.1. The first kappa shape index (κ1) is 17.0. The zero-order valence-electron chi connectivity index (χ0n) is 14.4. The number of piperidine rings is 1. The van der Waals surface area contributed by atoms with Crippen LogP contribution in [0.5, 0.6) is 0 Å². The van der Waals surface area contributed by atoms with E-state index in [-0.39, 0.29) is 0 Å². The highest BCUT2D eigenvalue weighted by Crippen LogP contribution is 2.29. The van der Waals surface area contributed by atoms with Gasteiger partial charge in [0.25, 0.3) is 0 Å². The molecule has 3 fully saturated rings. The number of hydrogen-bond acceptors (Lipinski definition) is 4. The van der Waals surface area contributed by atoms with E-state index >= 15 is 0 Å². The van der Waals surface area contributed by atoms with Crippen LogP contribution in [0, 0.1) is 0 Å². The van der Waals surface area contributed by atoms with Gasteiger partial charge in [-0.25, -0.2) is 0 Å². The Kier molecular flexibility index (Phi) is 6.54. The summed E-state index contributed by atoms with van der Waals surface area (Å²) in [5.41, 5.74) is 0. The van der Waals surface area contributed by atoms with Gasteiger partial charge in [0.05, 0.1) is 19.3 Å². The predicted octanol–water partition coefficient (Wildman–Crippen LogP) is 0.974. The van der Waals surface area contributed by atoms with Gasteiger partial charge in [-0.2, -0.15) is 0 Å². The summed E-state index contributed by atoms with van der Waals surface area (Å²) in [6, 6.07) is 1.44. The molecule has 132 valence electrons. The maximum Gasteiger partial charge on any atom is 0.191 e. The largest absolute Gasteiger partial charge is 0.377 e. The molecule has 3 rings (SSSR count). The smallest absolute Gasteiger partial charge is 0.191 e. The topological polar surface area (TPSA) is 58.1 Å². The van der Waals surface area contributed by atoms with Crippen molar-refractivity contribution in [1.29, 1.82) is 0 Å². The van der Waals surface area contributed by atoms with E-state index in [9.17, 15) is 0 Å². The van der Waals surface area contributed by atoms with Crippen LogP contribution in [0.15, 0.2) is 4.99 Å². The first-order valence-electron chi connectivity index (χ1n) is 9.25. The van der Waals surface area contributed by atoms with Gasteiger partial charge in [-0.05, 0) is 38.5 Å². The van der Waals surface area contributed by atoms with E-state index in [1.807, 2.05) is 7.05 Å². The van der Waals surface area contributed by atoms with Crippen LogP contribution in [0.3, 0.4) is 0 Å². The minimum absolute atomic E-state index is 0.309. The lowest BCUT2D eigenvalue weighted by Crippen LogP contribution is -2.49. The fraction of sp³-hybridized carbons (Fsp3) is 0.941. The fourth-order valence-electron chi connectivity index (χ4n) is 3.47. The van der Waals surface area contributed by atoms with Crippen molar-refractivity contribution in [3.63, 3.8) is 0 Å². The molecule has 0 aromatic rings. The molecule has 23 heavy (non-hydrogen) atoms. The van der Waals surface area contributed by atoms with Gasteiger partial charge >= 0.3 is 0 Å². The maximum absolute atomic E-state index is 5.67. The molecule has 2 N–H and O–H groups in total. The summed E-state index contributed by atoms with van der Waals surface area (Å²) in [5, 5.41) is 6.90. The van der Waals surface area contributed by atoms with Crippen LogP contribution in [-0.2, 0) is 9.47 Å². The predicted molar refractivity (Wildman–Crippen MR) is 91.9 cm³/mol. The van der Waals surface area contributed by atoms with Crippen LogP contribution in [-0.4, -0.2) is 75.5 Å². The van der Waals surface area contributed by atoms with E-state index in [1.165, 1.54) is 45.2 Å². The summed E-state index contributed by atoms with van der Waals surface area (Å²) in [6.07, 6.45) is 7.86. The molecular formula is C17H32N4O2. The summed E-state index contributed by atoms with van der Waals surface area (Å²) in [5.74, 6) is 0.899. The van der Waals surface area contributed by atoms with E-state index in [2.05, 4.69) is 20.5 Å². The Morgan fingerprint density at radius 3 is 2.70 bits per heavy atom. The third-order valence-electron chi connectivity index (χ3n) is 5.02. The van der Waals surface area contributed by atoms with Gasteiger partial charge < -0.3 is 25.0 Å². The molecule has 2 saturated heterocycles. The van der Waals surface area contributed by atoms with Crippen LogP contribution in [0.1, 0.15) is 38.5 Å². The number of nitrogens with zero attached hydrogens (tertiary/aromatic N) is 2. The van der Waals surface area contributed by atoms with Crippen molar-refractivity contribution in [2.24, 2.45) is 4.99 Å². The summed E-state index contributed by atoms with van der Waals surface area (Å²) in [7, 11) is 1.84. The van der Waals surface area contributed by atoms with Crippen LogP contribution in [0.4, 0.5) is 0 Å². The Hall–Kier alpha value is -0.850. The van der Waals surface area contributed by atoms with Crippen LogP contribution in [0.25, 0.3) is 0 Å². The molecule has 2 heterocycles. The van der Waals surface area contributed by atoms with Crippen molar-refractivity contribution in [2.75, 3.05) is 46.5 Å². The Morgan fingerprint density at radius 2 is 2.04 bits per heavy atom. The molecule has 0 amide bonds. The molecular weight excluding hydrogens is 292 g/mol. The van der Waals surface area contributed by atoms with Gasteiger partial charge in [0.1, 0.15) is 0 Å². The second-order valence-electron chi connectivity index (χ2n) is 6.89. The molecule has 6 heteroatoms. The standard InChI is InChI=1S/C17H32N4O2/c1-18-17(19-8-12-22-13-16-3-2-11-23-16)20-14-6-9-21(10-7-14)15-4-5-15/h14-16H,2-13H2,1H3,(H2,18,19,20). The van der Waals surface area contributed by atoms with Crippen molar-refractivity contribution in [2.45, 2.75) is 56.7 Å². The van der Waals surface area contributed by atoms with Crippen molar-refractivity contribution in [3.8, 4) is 0 Å². The van der Waals surface area contributed by atoms with Gasteiger partial charge in [0, 0.05) is 45.4 Å². The van der Waals surface area contributed by atoms with Gasteiger partial charge in [0.15, 0.2) is 5.96 Å². The average Bonchev–Trinajstić information content (AvgIpc) is 3.30. The summed E-state index contributed by atoms with van der Waals surface area (Å²) in [4.78, 5) is 6.97. The van der Waals surface area contributed by atoms with Crippen LogP contribution in [0.2, 0.25) is 0 Å². The first-order chi connectivity index (χ1) is 11.3. The lowest BCUT2D eigenvalue weighted by molar-refractivity contribution is 0.0191. The molecule has 6 nitrogen and oxygen atoms in total. The van der Waals surface area contributed by atoms with E-state index in [0.717, 1.165) is 31.6 Å². The fourth-order valence-corrected chi connectivity index (χ4v) is 3.47. The number of ether oxygens (including phenoxy) is 2. The first-order valence-corrected chi connectivity index (χ1v) is 9.25. The number of aliphatic imine (C=N–C) groups is 1. The number of rotatable bonds is 7. The van der Waals surface area contributed by atoms with Crippen molar-refractivity contribution in [3.05, 3.63) is 0 Å². The van der Waals surface area contributed by atoms with Gasteiger partial charge in [-0.15, -0.1) is 0 Å². The minimum atomic E-state index is 0.309. The lowest BCUT2D eigenvalue weighted by Gasteiger charge is -2.33. The average molecular weight is 324 g/mol. The molecule has 0 aromatic carbocycles. The molecule has 1 unspecified atom stereocenters. The quantitative estimate of drug-likeness (QED) is 0.415. The number of nitrogens with one attached hydrogen (secondary N) is 2. The second-order valence-corrected chi connectivity index (χ2v) is 6.89. The molecule has 3 aliphatic rings. The molecule has 1 saturated carbocycles. The molecule has 0 aromatic heterocycles. The van der Waals surface area contributed by atoms with Crippen molar-refractivity contribution >= 4 is 5.96 Å². The number of likely N-dealkylation sites (tertiary alicyclic amines) is 1. The Bertz CT molecular complexity index is 373. The maximum atomic E-state index is 5.67. The highest BCUT2D eigenvalue weighted by atomic mass is 16.5. The molecule has 0 spiro atoms. The summed E-state index contributed by atoms with van der Waals surface area (Å²) < 4.78 is 11.2. The number of guanidine groups is 1. The Morgan fingerprint density at radius 1 is 1.22 bits per heavy atom. The zero-order valence-corrected chi connectivity index (χ0v) is 14.4. The van der Waals surface area contributed by atoms with Gasteiger partial charge in [-0.1, -0.05) is 0 Å². The SMILES string of the molecule is CN=C(NCCOCC1CCCO1)NC1CCN(C2CC2)CC1. The van der Waals surface area contributed by atoms with E-state index < -0.39 is 0 Å². The van der Waals surface area contributed by atoms with E-state index in [1.54, 1.807) is 0 Å². The Balaban J connectivity index is 1.24. The van der Waals surface area contributed by atoms with Gasteiger partial charge in [-0.3, -0.25) is 4.99 Å². The van der Waals surface area contributed by atoms with Crippen molar-refractivity contribution < 1.29 is 9.47 Å². The molecule has 0 radical (unpaired) electrons. The molecule has 1 aliphatic carbocycles. The van der Waals surface area contributed by atoms with Gasteiger partial charge in [0.2, 0.25) is 0 Å². The van der Waals surface area contributed by atoms with Crippen LogP contribution < -0.4 is 10.6 Å². The van der Waals surface area contributed by atoms with E-state index in [0.29, 0.717) is 25.4 Å². The monoisotopic (exact) mass is 324 g/mol. The highest BCUT2D eigenvalue weighted by Gasteiger charge is 2.31. The normalized spacial score (nSPS) is 27.3. The third-order valence-corrected chi connectivity index (χ3v) is 5.02. The molecule has 0 bridgehead atoms. The highest BCUT2D eigenvalue weighted by molar-refractivity contribution is 5.79. The Labute approximate surface area is 140 Å². The minimum Gasteiger partial charge on any atom is -0.377 e. The third kappa shape index (κ3) is 5.62. The molecule has 1 atom stereocenters. The zero-order chi connectivity index (χ0) is 15.9. The van der Waals surface area contributed by atoms with Crippen LogP contribution >= 0.6 is 0 Å².